The van der Waals surface area contributed by atoms with Gasteiger partial charge in [0.2, 0.25) is 0 Å². The molecule has 0 bridgehead atoms. The van der Waals surface area contributed by atoms with Crippen LogP contribution in [0.25, 0.3) is 0 Å². The number of amides is 1. The zero-order valence-corrected chi connectivity index (χ0v) is 13.9. The van der Waals surface area contributed by atoms with Crippen molar-refractivity contribution in [3.63, 3.8) is 0 Å². The molecule has 1 amide bonds. The Morgan fingerprint density at radius 2 is 2.00 bits per heavy atom. The number of aromatic nitrogens is 1. The van der Waals surface area contributed by atoms with Gasteiger partial charge in [-0.3, -0.25) is 4.79 Å². The van der Waals surface area contributed by atoms with Crippen LogP contribution in [0.2, 0.25) is 0 Å². The molecule has 2 aromatic rings. The van der Waals surface area contributed by atoms with Crippen LogP contribution < -0.4 is 21.1 Å². The highest BCUT2D eigenvalue weighted by Gasteiger charge is 2.12. The van der Waals surface area contributed by atoms with Gasteiger partial charge in [-0.1, -0.05) is 0 Å². The van der Waals surface area contributed by atoms with Crippen LogP contribution in [0.3, 0.4) is 0 Å². The molecule has 0 spiro atoms. The molecule has 0 radical (unpaired) electrons. The number of benzene rings is 1. The molecule has 2 rings (SSSR count). The quantitative estimate of drug-likeness (QED) is 0.616. The number of hydrogen-bond donors (Lipinski definition) is 3. The number of unbranched alkanes of at least 4 members (excludes halogenated alkanes) is 1. The molecule has 0 unspecified atom stereocenters. The Labute approximate surface area is 142 Å². The molecule has 1 aromatic carbocycles. The van der Waals surface area contributed by atoms with Gasteiger partial charge in [0.25, 0.3) is 5.91 Å². The molecule has 0 aliphatic heterocycles. The van der Waals surface area contributed by atoms with E-state index in [2.05, 4.69) is 15.6 Å². The molecule has 0 saturated carbocycles. The number of anilines is 2. The van der Waals surface area contributed by atoms with Gasteiger partial charge in [-0.05, 0) is 62.7 Å². The van der Waals surface area contributed by atoms with Crippen LogP contribution in [0.15, 0.2) is 42.6 Å². The SMILES string of the molecule is CCOc1ccc(Nc2ncccc2C(=O)NCCCCN)cc1. The van der Waals surface area contributed by atoms with Crippen LogP contribution in [-0.4, -0.2) is 30.6 Å². The van der Waals surface area contributed by atoms with Crippen molar-refractivity contribution in [2.24, 2.45) is 5.73 Å². The molecular weight excluding hydrogens is 304 g/mol. The zero-order valence-electron chi connectivity index (χ0n) is 13.9. The summed E-state index contributed by atoms with van der Waals surface area (Å²) in [4.78, 5) is 16.6. The smallest absolute Gasteiger partial charge is 0.255 e. The summed E-state index contributed by atoms with van der Waals surface area (Å²) in [5.41, 5.74) is 6.81. The minimum atomic E-state index is -0.145. The summed E-state index contributed by atoms with van der Waals surface area (Å²) < 4.78 is 5.42. The summed E-state index contributed by atoms with van der Waals surface area (Å²) in [7, 11) is 0. The van der Waals surface area contributed by atoms with Gasteiger partial charge in [0.05, 0.1) is 12.2 Å². The summed E-state index contributed by atoms with van der Waals surface area (Å²) in [5.74, 6) is 1.19. The van der Waals surface area contributed by atoms with E-state index in [4.69, 9.17) is 10.5 Å². The lowest BCUT2D eigenvalue weighted by Gasteiger charge is -2.12. The molecule has 4 N–H and O–H groups in total. The van der Waals surface area contributed by atoms with Crippen LogP contribution in [0.5, 0.6) is 5.75 Å². The van der Waals surface area contributed by atoms with E-state index in [0.29, 0.717) is 31.1 Å². The summed E-state index contributed by atoms with van der Waals surface area (Å²) in [5, 5.41) is 6.07. The second kappa shape index (κ2) is 9.52. The molecule has 24 heavy (non-hydrogen) atoms. The number of hydrogen-bond acceptors (Lipinski definition) is 5. The lowest BCUT2D eigenvalue weighted by Crippen LogP contribution is -2.25. The average molecular weight is 328 g/mol. The van der Waals surface area contributed by atoms with Crippen LogP contribution >= 0.6 is 0 Å². The van der Waals surface area contributed by atoms with Crippen molar-refractivity contribution in [2.75, 3.05) is 25.0 Å². The standard InChI is InChI=1S/C18H24N4O2/c1-2-24-15-9-7-14(8-10-15)22-17-16(6-5-13-20-17)18(23)21-12-4-3-11-19/h5-10,13H,2-4,11-12,19H2,1H3,(H,20,22)(H,21,23). The maximum Gasteiger partial charge on any atom is 0.255 e. The number of nitrogens with two attached hydrogens (primary N) is 1. The fourth-order valence-corrected chi connectivity index (χ4v) is 2.19. The van der Waals surface area contributed by atoms with E-state index in [0.717, 1.165) is 24.3 Å². The zero-order chi connectivity index (χ0) is 17.2. The number of rotatable bonds is 9. The number of carbonyl (C=O) groups is 1. The van der Waals surface area contributed by atoms with E-state index in [-0.39, 0.29) is 5.91 Å². The Hall–Kier alpha value is -2.60. The number of ether oxygens (including phenoxy) is 1. The third-order valence-electron chi connectivity index (χ3n) is 3.40. The van der Waals surface area contributed by atoms with E-state index in [1.165, 1.54) is 0 Å². The van der Waals surface area contributed by atoms with E-state index >= 15 is 0 Å². The van der Waals surface area contributed by atoms with Gasteiger partial charge in [0.1, 0.15) is 11.6 Å². The molecule has 0 saturated heterocycles. The van der Waals surface area contributed by atoms with Crippen LogP contribution in [0, 0.1) is 0 Å². The summed E-state index contributed by atoms with van der Waals surface area (Å²) in [6.45, 7) is 3.81. The molecule has 128 valence electrons. The highest BCUT2D eigenvalue weighted by molar-refractivity contribution is 5.99. The first-order chi connectivity index (χ1) is 11.7. The van der Waals surface area contributed by atoms with E-state index < -0.39 is 0 Å². The first-order valence-corrected chi connectivity index (χ1v) is 8.17. The first kappa shape index (κ1) is 17.7. The van der Waals surface area contributed by atoms with Crippen molar-refractivity contribution >= 4 is 17.4 Å². The lowest BCUT2D eigenvalue weighted by molar-refractivity contribution is 0.0953. The first-order valence-electron chi connectivity index (χ1n) is 8.17. The topological polar surface area (TPSA) is 89.3 Å². The van der Waals surface area contributed by atoms with Gasteiger partial charge in [0.15, 0.2) is 0 Å². The third kappa shape index (κ3) is 5.24. The van der Waals surface area contributed by atoms with Gasteiger partial charge in [-0.2, -0.15) is 0 Å². The summed E-state index contributed by atoms with van der Waals surface area (Å²) >= 11 is 0. The summed E-state index contributed by atoms with van der Waals surface area (Å²) in [6.07, 6.45) is 3.41. The highest BCUT2D eigenvalue weighted by Crippen LogP contribution is 2.21. The Kier molecular flexibility index (Phi) is 7.04. The highest BCUT2D eigenvalue weighted by atomic mass is 16.5. The molecule has 1 aromatic heterocycles. The second-order valence-electron chi connectivity index (χ2n) is 5.23. The van der Waals surface area contributed by atoms with E-state index in [1.54, 1.807) is 18.3 Å². The van der Waals surface area contributed by atoms with Gasteiger partial charge in [-0.15, -0.1) is 0 Å². The third-order valence-corrected chi connectivity index (χ3v) is 3.40. The Morgan fingerprint density at radius 3 is 2.71 bits per heavy atom. The van der Waals surface area contributed by atoms with Crippen LogP contribution in [0.1, 0.15) is 30.1 Å². The predicted molar refractivity (Wildman–Crippen MR) is 95.8 cm³/mol. The van der Waals surface area contributed by atoms with Gasteiger partial charge < -0.3 is 21.1 Å². The number of carbonyl (C=O) groups excluding carboxylic acids is 1. The minimum absolute atomic E-state index is 0.145. The molecule has 1 heterocycles. The molecule has 6 nitrogen and oxygen atoms in total. The Balaban J connectivity index is 2.03. The molecule has 0 atom stereocenters. The molecule has 6 heteroatoms. The molecule has 0 aliphatic rings. The number of nitrogens with one attached hydrogen (secondary N) is 2. The van der Waals surface area contributed by atoms with Crippen molar-refractivity contribution in [2.45, 2.75) is 19.8 Å². The van der Waals surface area contributed by atoms with Gasteiger partial charge in [-0.25, -0.2) is 4.98 Å². The van der Waals surface area contributed by atoms with Crippen molar-refractivity contribution in [1.29, 1.82) is 0 Å². The van der Waals surface area contributed by atoms with E-state index in [1.807, 2.05) is 31.2 Å². The van der Waals surface area contributed by atoms with Crippen molar-refractivity contribution in [3.05, 3.63) is 48.2 Å². The molecule has 0 fully saturated rings. The van der Waals surface area contributed by atoms with E-state index in [9.17, 15) is 4.79 Å². The van der Waals surface area contributed by atoms with Crippen LogP contribution in [0.4, 0.5) is 11.5 Å². The van der Waals surface area contributed by atoms with Crippen LogP contribution in [-0.2, 0) is 0 Å². The fraction of sp³-hybridized carbons (Fsp3) is 0.333. The predicted octanol–water partition coefficient (Wildman–Crippen LogP) is 2.69. The van der Waals surface area contributed by atoms with Gasteiger partial charge in [0, 0.05) is 18.4 Å². The van der Waals surface area contributed by atoms with Crippen molar-refractivity contribution in [1.82, 2.24) is 10.3 Å². The fourth-order valence-electron chi connectivity index (χ4n) is 2.19. The summed E-state index contributed by atoms with van der Waals surface area (Å²) in [6, 6.07) is 11.0. The lowest BCUT2D eigenvalue weighted by atomic mass is 10.2. The molecular formula is C18H24N4O2. The minimum Gasteiger partial charge on any atom is -0.494 e. The van der Waals surface area contributed by atoms with Gasteiger partial charge >= 0.3 is 0 Å². The molecule has 0 aliphatic carbocycles. The maximum atomic E-state index is 12.3. The Morgan fingerprint density at radius 1 is 1.21 bits per heavy atom. The second-order valence-corrected chi connectivity index (χ2v) is 5.23. The average Bonchev–Trinajstić information content (AvgIpc) is 2.61. The van der Waals surface area contributed by atoms with Crippen molar-refractivity contribution < 1.29 is 9.53 Å². The monoisotopic (exact) mass is 328 g/mol. The Bertz CT molecular complexity index is 644. The van der Waals surface area contributed by atoms with Crippen molar-refractivity contribution in [3.8, 4) is 5.75 Å². The normalized spacial score (nSPS) is 10.2. The largest absolute Gasteiger partial charge is 0.494 e. The number of nitrogens with zero attached hydrogens (tertiary/aromatic N) is 1. The maximum absolute atomic E-state index is 12.3. The number of pyridine rings is 1.